The molecule has 2 aromatic heterocycles. The molecule has 1 amide bonds. The van der Waals surface area contributed by atoms with Crippen molar-refractivity contribution in [1.82, 2.24) is 10.1 Å². The largest absolute Gasteiger partial charge is 0.370 e. The van der Waals surface area contributed by atoms with E-state index in [1.165, 1.54) is 12.5 Å². The second-order valence-electron chi connectivity index (χ2n) is 4.47. The first-order valence-electron chi connectivity index (χ1n) is 6.62. The van der Waals surface area contributed by atoms with Gasteiger partial charge >= 0.3 is 0 Å². The number of carbonyl (C=O) groups excluding carboxylic acids is 1. The summed E-state index contributed by atoms with van der Waals surface area (Å²) in [6.45, 7) is 2.71. The topological polar surface area (TPSA) is 80.0 Å². The summed E-state index contributed by atoms with van der Waals surface area (Å²) in [4.78, 5) is 16.9. The quantitative estimate of drug-likeness (QED) is 0.769. The number of nitrogens with zero attached hydrogens (tertiary/aromatic N) is 2. The van der Waals surface area contributed by atoms with Gasteiger partial charge in [0.15, 0.2) is 0 Å². The fourth-order valence-electron chi connectivity index (χ4n) is 2.10. The lowest BCUT2D eigenvalue weighted by molar-refractivity contribution is 0.102. The molecule has 0 spiro atoms. The van der Waals surface area contributed by atoms with Crippen molar-refractivity contribution in [3.05, 3.63) is 48.4 Å². The summed E-state index contributed by atoms with van der Waals surface area (Å²) >= 11 is 0. The fourth-order valence-corrected chi connectivity index (χ4v) is 2.10. The van der Waals surface area contributed by atoms with Gasteiger partial charge in [0.25, 0.3) is 5.91 Å². The minimum Gasteiger partial charge on any atom is -0.370 e. The van der Waals surface area contributed by atoms with E-state index in [2.05, 4.69) is 20.8 Å². The van der Waals surface area contributed by atoms with Crippen LogP contribution < -0.4 is 10.6 Å². The van der Waals surface area contributed by atoms with Crippen LogP contribution in [0.4, 0.5) is 11.5 Å². The number of aromatic nitrogens is 2. The molecule has 3 rings (SSSR count). The molecular formula is C15H14N4O2. The van der Waals surface area contributed by atoms with E-state index in [4.69, 9.17) is 4.52 Å². The van der Waals surface area contributed by atoms with Crippen LogP contribution in [0.2, 0.25) is 0 Å². The van der Waals surface area contributed by atoms with Gasteiger partial charge in [-0.15, -0.1) is 0 Å². The summed E-state index contributed by atoms with van der Waals surface area (Å²) in [5, 5.41) is 10.2. The number of pyridine rings is 1. The van der Waals surface area contributed by atoms with Crippen molar-refractivity contribution in [1.29, 1.82) is 0 Å². The number of amides is 1. The Morgan fingerprint density at radius 2 is 2.19 bits per heavy atom. The van der Waals surface area contributed by atoms with Crippen molar-refractivity contribution in [2.75, 3.05) is 17.2 Å². The molecule has 0 unspecified atom stereocenters. The molecule has 3 aromatic rings. The SMILES string of the molecule is CCNc1cc(C(=O)Nc2cnoc2)c2ccccc2n1. The Hall–Kier alpha value is -2.89. The van der Waals surface area contributed by atoms with Crippen LogP contribution in [0, 0.1) is 0 Å². The van der Waals surface area contributed by atoms with Crippen LogP contribution in [-0.4, -0.2) is 22.6 Å². The number of hydrogen-bond donors (Lipinski definition) is 2. The number of benzene rings is 1. The van der Waals surface area contributed by atoms with Gasteiger partial charge in [0.2, 0.25) is 0 Å². The van der Waals surface area contributed by atoms with Crippen LogP contribution in [0.3, 0.4) is 0 Å². The van der Waals surface area contributed by atoms with Gasteiger partial charge in [-0.25, -0.2) is 4.98 Å². The lowest BCUT2D eigenvalue weighted by Crippen LogP contribution is -2.13. The Bertz CT molecular complexity index is 768. The van der Waals surface area contributed by atoms with Crippen molar-refractivity contribution < 1.29 is 9.32 Å². The van der Waals surface area contributed by atoms with Gasteiger partial charge in [0, 0.05) is 11.9 Å². The zero-order valence-electron chi connectivity index (χ0n) is 11.5. The second kappa shape index (κ2) is 5.62. The van der Waals surface area contributed by atoms with Crippen molar-refractivity contribution >= 4 is 28.3 Å². The molecule has 21 heavy (non-hydrogen) atoms. The average molecular weight is 282 g/mol. The fraction of sp³-hybridized carbons (Fsp3) is 0.133. The third-order valence-electron chi connectivity index (χ3n) is 3.01. The van der Waals surface area contributed by atoms with Crippen LogP contribution in [-0.2, 0) is 0 Å². The van der Waals surface area contributed by atoms with Gasteiger partial charge in [-0.1, -0.05) is 23.4 Å². The Kier molecular flexibility index (Phi) is 3.51. The van der Waals surface area contributed by atoms with Crippen molar-refractivity contribution in [2.24, 2.45) is 0 Å². The average Bonchev–Trinajstić information content (AvgIpc) is 2.99. The molecule has 0 saturated carbocycles. The van der Waals surface area contributed by atoms with E-state index in [1.807, 2.05) is 31.2 Å². The number of carbonyl (C=O) groups is 1. The number of hydrogen-bond acceptors (Lipinski definition) is 5. The van der Waals surface area contributed by atoms with Gasteiger partial charge in [0.05, 0.1) is 17.3 Å². The molecule has 0 bridgehead atoms. The zero-order valence-corrected chi connectivity index (χ0v) is 11.5. The van der Waals surface area contributed by atoms with Crippen LogP contribution in [0.15, 0.2) is 47.3 Å². The zero-order chi connectivity index (χ0) is 14.7. The Balaban J connectivity index is 2.04. The Morgan fingerprint density at radius 1 is 1.33 bits per heavy atom. The molecule has 0 aliphatic heterocycles. The predicted molar refractivity (Wildman–Crippen MR) is 80.4 cm³/mol. The molecule has 106 valence electrons. The lowest BCUT2D eigenvalue weighted by atomic mass is 10.1. The van der Waals surface area contributed by atoms with E-state index in [0.29, 0.717) is 17.1 Å². The normalized spacial score (nSPS) is 10.5. The van der Waals surface area contributed by atoms with E-state index in [0.717, 1.165) is 17.4 Å². The maximum absolute atomic E-state index is 12.4. The molecule has 0 fully saturated rings. The van der Waals surface area contributed by atoms with Gasteiger partial charge in [-0.05, 0) is 19.1 Å². The van der Waals surface area contributed by atoms with Crippen LogP contribution >= 0.6 is 0 Å². The summed E-state index contributed by atoms with van der Waals surface area (Å²) in [5.41, 5.74) is 1.84. The smallest absolute Gasteiger partial charge is 0.256 e. The number of fused-ring (bicyclic) bond motifs is 1. The molecule has 2 heterocycles. The molecule has 6 nitrogen and oxygen atoms in total. The Morgan fingerprint density at radius 3 is 2.95 bits per heavy atom. The molecule has 0 atom stereocenters. The summed E-state index contributed by atoms with van der Waals surface area (Å²) in [7, 11) is 0. The molecule has 0 aliphatic rings. The molecule has 0 radical (unpaired) electrons. The first-order chi connectivity index (χ1) is 10.3. The predicted octanol–water partition coefficient (Wildman–Crippen LogP) is 2.91. The molecule has 0 aliphatic carbocycles. The maximum Gasteiger partial charge on any atom is 0.256 e. The number of rotatable bonds is 4. The van der Waals surface area contributed by atoms with Crippen molar-refractivity contribution in [2.45, 2.75) is 6.92 Å². The van der Waals surface area contributed by atoms with E-state index < -0.39 is 0 Å². The minimum atomic E-state index is -0.226. The third-order valence-corrected chi connectivity index (χ3v) is 3.01. The molecule has 1 aromatic carbocycles. The van der Waals surface area contributed by atoms with Crippen molar-refractivity contribution in [3.63, 3.8) is 0 Å². The van der Waals surface area contributed by atoms with E-state index in [-0.39, 0.29) is 5.91 Å². The summed E-state index contributed by atoms with van der Waals surface area (Å²) in [6.07, 6.45) is 2.83. The summed E-state index contributed by atoms with van der Waals surface area (Å²) in [6, 6.07) is 9.28. The van der Waals surface area contributed by atoms with Crippen LogP contribution in [0.1, 0.15) is 17.3 Å². The van der Waals surface area contributed by atoms with E-state index in [1.54, 1.807) is 6.07 Å². The van der Waals surface area contributed by atoms with Gasteiger partial charge in [-0.3, -0.25) is 4.79 Å². The van der Waals surface area contributed by atoms with Gasteiger partial charge < -0.3 is 15.2 Å². The molecular weight excluding hydrogens is 268 g/mol. The highest BCUT2D eigenvalue weighted by atomic mass is 16.5. The highest BCUT2D eigenvalue weighted by molar-refractivity contribution is 6.12. The first-order valence-corrected chi connectivity index (χ1v) is 6.62. The highest BCUT2D eigenvalue weighted by Gasteiger charge is 2.13. The number of nitrogens with one attached hydrogen (secondary N) is 2. The maximum atomic E-state index is 12.4. The van der Waals surface area contributed by atoms with E-state index in [9.17, 15) is 4.79 Å². The second-order valence-corrected chi connectivity index (χ2v) is 4.47. The monoisotopic (exact) mass is 282 g/mol. The lowest BCUT2D eigenvalue weighted by Gasteiger charge is -2.10. The summed E-state index contributed by atoms with van der Waals surface area (Å²) in [5.74, 6) is 0.447. The first kappa shape index (κ1) is 13.1. The highest BCUT2D eigenvalue weighted by Crippen LogP contribution is 2.22. The molecule has 6 heteroatoms. The third kappa shape index (κ3) is 2.69. The van der Waals surface area contributed by atoms with Gasteiger partial charge in [-0.2, -0.15) is 0 Å². The van der Waals surface area contributed by atoms with Gasteiger partial charge in [0.1, 0.15) is 17.8 Å². The standard InChI is InChI=1S/C15H14N4O2/c1-2-16-14-7-12(11-5-3-4-6-13(11)19-14)15(20)18-10-8-17-21-9-10/h3-9H,2H2,1H3,(H,16,19)(H,18,20). The Labute approximate surface area is 121 Å². The van der Waals surface area contributed by atoms with Crippen LogP contribution in [0.25, 0.3) is 10.9 Å². The number of anilines is 2. The van der Waals surface area contributed by atoms with E-state index >= 15 is 0 Å². The summed E-state index contributed by atoms with van der Waals surface area (Å²) < 4.78 is 4.71. The van der Waals surface area contributed by atoms with Crippen LogP contribution in [0.5, 0.6) is 0 Å². The molecule has 0 saturated heterocycles. The van der Waals surface area contributed by atoms with Crippen molar-refractivity contribution in [3.8, 4) is 0 Å². The minimum absolute atomic E-state index is 0.226. The molecule has 2 N–H and O–H groups in total. The number of para-hydroxylation sites is 1.